The van der Waals surface area contributed by atoms with Crippen molar-refractivity contribution in [2.24, 2.45) is 5.92 Å². The van der Waals surface area contributed by atoms with Crippen LogP contribution in [0.2, 0.25) is 0 Å². The Kier molecular flexibility index (Phi) is 4.37. The number of hydrogen-bond donors (Lipinski definition) is 1. The minimum Gasteiger partial charge on any atom is -0.444 e. The largest absolute Gasteiger partial charge is 0.444 e. The fourth-order valence-corrected chi connectivity index (χ4v) is 4.07. The Morgan fingerprint density at radius 2 is 1.96 bits per heavy atom. The molecule has 2 fully saturated rings. The van der Waals surface area contributed by atoms with Crippen LogP contribution in [0.3, 0.4) is 0 Å². The molecule has 23 heavy (non-hydrogen) atoms. The van der Waals surface area contributed by atoms with E-state index < -0.39 is 11.7 Å². The molecular formula is C19H27NO3. The molecule has 4 atom stereocenters. The van der Waals surface area contributed by atoms with Crippen LogP contribution in [-0.2, 0) is 4.74 Å². The van der Waals surface area contributed by atoms with E-state index in [2.05, 4.69) is 0 Å². The quantitative estimate of drug-likeness (QED) is 0.900. The van der Waals surface area contributed by atoms with Crippen molar-refractivity contribution in [3.8, 4) is 0 Å². The molecule has 1 aliphatic heterocycles. The summed E-state index contributed by atoms with van der Waals surface area (Å²) in [5, 5.41) is 10.8. The summed E-state index contributed by atoms with van der Waals surface area (Å²) in [6.45, 7) is 5.65. The highest BCUT2D eigenvalue weighted by atomic mass is 16.6. The van der Waals surface area contributed by atoms with E-state index in [1.807, 2.05) is 56.0 Å². The number of fused-ring (bicyclic) bond motifs is 1. The topological polar surface area (TPSA) is 49.8 Å². The van der Waals surface area contributed by atoms with Gasteiger partial charge in [0.05, 0.1) is 12.1 Å². The van der Waals surface area contributed by atoms with E-state index >= 15 is 0 Å². The van der Waals surface area contributed by atoms with Gasteiger partial charge in [-0.2, -0.15) is 0 Å². The number of rotatable bonds is 2. The lowest BCUT2D eigenvalue weighted by molar-refractivity contribution is -0.00501. The molecule has 1 aromatic carbocycles. The average Bonchev–Trinajstić information content (AvgIpc) is 3.05. The first-order valence-electron chi connectivity index (χ1n) is 8.61. The number of hydrogen-bond acceptors (Lipinski definition) is 3. The second-order valence-electron chi connectivity index (χ2n) is 7.80. The predicted molar refractivity (Wildman–Crippen MR) is 89.0 cm³/mol. The Morgan fingerprint density at radius 1 is 1.26 bits per heavy atom. The highest BCUT2D eigenvalue weighted by Crippen LogP contribution is 2.45. The van der Waals surface area contributed by atoms with Crippen LogP contribution in [0.15, 0.2) is 30.3 Å². The third kappa shape index (κ3) is 3.37. The highest BCUT2D eigenvalue weighted by Gasteiger charge is 2.49. The van der Waals surface area contributed by atoms with E-state index in [-0.39, 0.29) is 18.2 Å². The van der Waals surface area contributed by atoms with Crippen LogP contribution in [-0.4, -0.2) is 33.8 Å². The molecule has 3 rings (SSSR count). The Hall–Kier alpha value is -1.55. The maximum absolute atomic E-state index is 12.7. The van der Waals surface area contributed by atoms with E-state index in [0.29, 0.717) is 5.92 Å². The van der Waals surface area contributed by atoms with Gasteiger partial charge in [-0.3, -0.25) is 4.90 Å². The van der Waals surface area contributed by atoms with Crippen molar-refractivity contribution in [2.75, 3.05) is 0 Å². The minimum absolute atomic E-state index is 0.192. The molecule has 0 spiro atoms. The molecule has 0 radical (unpaired) electrons. The molecule has 0 bridgehead atoms. The molecule has 0 unspecified atom stereocenters. The molecule has 126 valence electrons. The lowest BCUT2D eigenvalue weighted by Gasteiger charge is -2.34. The maximum Gasteiger partial charge on any atom is 0.410 e. The van der Waals surface area contributed by atoms with Gasteiger partial charge in [-0.25, -0.2) is 4.79 Å². The van der Waals surface area contributed by atoms with Crippen LogP contribution in [0.25, 0.3) is 0 Å². The van der Waals surface area contributed by atoms with Gasteiger partial charge in [0.15, 0.2) is 0 Å². The molecule has 1 aromatic rings. The van der Waals surface area contributed by atoms with Gasteiger partial charge in [0, 0.05) is 6.04 Å². The van der Waals surface area contributed by atoms with Gasteiger partial charge >= 0.3 is 6.09 Å². The molecule has 1 aliphatic carbocycles. The smallest absolute Gasteiger partial charge is 0.410 e. The normalized spacial score (nSPS) is 28.5. The number of benzene rings is 1. The fourth-order valence-electron chi connectivity index (χ4n) is 4.07. The summed E-state index contributed by atoms with van der Waals surface area (Å²) in [7, 11) is 0. The van der Waals surface area contributed by atoms with Crippen molar-refractivity contribution < 1.29 is 14.6 Å². The zero-order valence-electron chi connectivity index (χ0n) is 14.2. The van der Waals surface area contributed by atoms with Gasteiger partial charge in [0.2, 0.25) is 0 Å². The van der Waals surface area contributed by atoms with Crippen LogP contribution in [0, 0.1) is 5.92 Å². The van der Waals surface area contributed by atoms with Crippen molar-refractivity contribution in [3.63, 3.8) is 0 Å². The van der Waals surface area contributed by atoms with Gasteiger partial charge in [-0.1, -0.05) is 36.8 Å². The summed E-state index contributed by atoms with van der Waals surface area (Å²) < 4.78 is 5.62. The van der Waals surface area contributed by atoms with Gasteiger partial charge < -0.3 is 9.84 Å². The van der Waals surface area contributed by atoms with Crippen molar-refractivity contribution in [1.82, 2.24) is 4.90 Å². The number of carbonyl (C=O) groups is 1. The minimum atomic E-state index is -0.658. The molecule has 1 saturated heterocycles. The number of ether oxygens (including phenoxy) is 1. The van der Waals surface area contributed by atoms with Crippen molar-refractivity contribution in [1.29, 1.82) is 0 Å². The van der Waals surface area contributed by atoms with Crippen LogP contribution in [0.1, 0.15) is 58.1 Å². The molecule has 4 nitrogen and oxygen atoms in total. The summed E-state index contributed by atoms with van der Waals surface area (Å²) in [6, 6.07) is 9.65. The lowest BCUT2D eigenvalue weighted by atomic mass is 9.96. The lowest BCUT2D eigenvalue weighted by Crippen LogP contribution is -2.46. The number of carbonyl (C=O) groups excluding carboxylic acids is 1. The number of aliphatic hydroxyl groups is 1. The molecule has 2 aliphatic rings. The Bertz CT molecular complexity index is 551. The van der Waals surface area contributed by atoms with Gasteiger partial charge in [-0.05, 0) is 51.5 Å². The van der Waals surface area contributed by atoms with Crippen LogP contribution in [0.5, 0.6) is 0 Å². The second kappa shape index (κ2) is 6.16. The standard InChI is InChI=1S/C19H27NO3/c1-19(2,3)23-18(22)20-15-11-7-10-14(15)12-16(20)17(21)13-8-5-4-6-9-13/h4-6,8-9,14-17,21H,7,10-12H2,1-3H3/t14-,15-,16+,17+/m1/s1. The van der Waals surface area contributed by atoms with Crippen LogP contribution < -0.4 is 0 Å². The van der Waals surface area contributed by atoms with Gasteiger partial charge in [0.1, 0.15) is 5.60 Å². The number of aliphatic hydroxyl groups excluding tert-OH is 1. The third-order valence-electron chi connectivity index (χ3n) is 4.99. The summed E-state index contributed by atoms with van der Waals surface area (Å²) >= 11 is 0. The van der Waals surface area contributed by atoms with Crippen LogP contribution in [0.4, 0.5) is 4.79 Å². The zero-order valence-corrected chi connectivity index (χ0v) is 14.2. The second-order valence-corrected chi connectivity index (χ2v) is 7.80. The molecular weight excluding hydrogens is 290 g/mol. The van der Waals surface area contributed by atoms with E-state index in [1.165, 1.54) is 0 Å². The Labute approximate surface area is 138 Å². The van der Waals surface area contributed by atoms with Crippen molar-refractivity contribution in [2.45, 2.75) is 70.2 Å². The van der Waals surface area contributed by atoms with Gasteiger partial charge in [-0.15, -0.1) is 0 Å². The average molecular weight is 317 g/mol. The molecule has 1 N–H and O–H groups in total. The SMILES string of the molecule is CC(C)(C)OC(=O)N1[C@@H]2CCC[C@@H]2C[C@H]1[C@@H](O)c1ccccc1. The number of amides is 1. The van der Waals surface area contributed by atoms with Crippen molar-refractivity contribution >= 4 is 6.09 Å². The molecule has 1 heterocycles. The summed E-state index contributed by atoms with van der Waals surface area (Å²) in [5.41, 5.74) is 0.349. The first-order chi connectivity index (χ1) is 10.9. The van der Waals surface area contributed by atoms with E-state index in [0.717, 1.165) is 31.2 Å². The summed E-state index contributed by atoms with van der Waals surface area (Å²) in [4.78, 5) is 14.6. The first kappa shape index (κ1) is 16.3. The van der Waals surface area contributed by atoms with Crippen LogP contribution >= 0.6 is 0 Å². The molecule has 1 saturated carbocycles. The predicted octanol–water partition coefficient (Wildman–Crippen LogP) is 3.90. The van der Waals surface area contributed by atoms with Gasteiger partial charge in [0.25, 0.3) is 0 Å². The fraction of sp³-hybridized carbons (Fsp3) is 0.632. The maximum atomic E-state index is 12.7. The zero-order chi connectivity index (χ0) is 16.6. The van der Waals surface area contributed by atoms with E-state index in [9.17, 15) is 9.90 Å². The summed E-state index contributed by atoms with van der Waals surface area (Å²) in [6.07, 6.45) is 3.23. The summed E-state index contributed by atoms with van der Waals surface area (Å²) in [5.74, 6) is 0.492. The number of likely N-dealkylation sites (tertiary alicyclic amines) is 1. The van der Waals surface area contributed by atoms with E-state index in [1.54, 1.807) is 0 Å². The first-order valence-corrected chi connectivity index (χ1v) is 8.61. The third-order valence-corrected chi connectivity index (χ3v) is 4.99. The van der Waals surface area contributed by atoms with Crippen molar-refractivity contribution in [3.05, 3.63) is 35.9 Å². The number of nitrogens with zero attached hydrogens (tertiary/aromatic N) is 1. The Morgan fingerprint density at radius 3 is 2.61 bits per heavy atom. The Balaban J connectivity index is 1.84. The highest BCUT2D eigenvalue weighted by molar-refractivity contribution is 5.70. The van der Waals surface area contributed by atoms with E-state index in [4.69, 9.17) is 4.74 Å². The molecule has 1 amide bonds. The molecule has 0 aromatic heterocycles. The monoisotopic (exact) mass is 317 g/mol. The molecule has 4 heteroatoms.